The quantitative estimate of drug-likeness (QED) is 0.786. The molecule has 1 saturated heterocycles. The summed E-state index contributed by atoms with van der Waals surface area (Å²) in [5, 5.41) is 1.11. The molecule has 2 rings (SSSR count). The first-order chi connectivity index (χ1) is 8.56. The van der Waals surface area contributed by atoms with Crippen molar-refractivity contribution in [3.63, 3.8) is 0 Å². The van der Waals surface area contributed by atoms with Gasteiger partial charge in [0.1, 0.15) is 0 Å². The number of carbonyl (C=O) groups excluding carboxylic acids is 1. The summed E-state index contributed by atoms with van der Waals surface area (Å²) in [4.78, 5) is 19.3. The predicted molar refractivity (Wildman–Crippen MR) is 75.4 cm³/mol. The van der Waals surface area contributed by atoms with Crippen molar-refractivity contribution in [1.29, 1.82) is 0 Å². The van der Waals surface area contributed by atoms with Crippen molar-refractivity contribution in [2.24, 2.45) is 5.92 Å². The molecule has 1 aliphatic rings. The lowest BCUT2D eigenvalue weighted by Crippen LogP contribution is -2.35. The molecule has 1 atom stereocenters. The molecule has 1 aromatic heterocycles. The van der Waals surface area contributed by atoms with Gasteiger partial charge >= 0.3 is 0 Å². The molecule has 0 N–H and O–H groups in total. The van der Waals surface area contributed by atoms with Gasteiger partial charge < -0.3 is 4.90 Å². The van der Waals surface area contributed by atoms with Gasteiger partial charge in [0.05, 0.1) is 15.6 Å². The summed E-state index contributed by atoms with van der Waals surface area (Å²) in [6.07, 6.45) is 3.66. The molecule has 0 spiro atoms. The molecule has 1 fully saturated rings. The molecule has 0 aliphatic carbocycles. The molecule has 100 valence electrons. The van der Waals surface area contributed by atoms with Crippen LogP contribution in [0.5, 0.6) is 0 Å². The lowest BCUT2D eigenvalue weighted by molar-refractivity contribution is 0.102. The highest BCUT2D eigenvalue weighted by atomic mass is 32.1. The Hall–Kier alpha value is -0.740. The summed E-state index contributed by atoms with van der Waals surface area (Å²) < 4.78 is 0. The minimum absolute atomic E-state index is 0.142. The smallest absolute Gasteiger partial charge is 0.171 e. The molecular formula is C14H22N2OS. The fraction of sp³-hybridized carbons (Fsp3) is 0.714. The number of likely N-dealkylation sites (tertiary alicyclic amines) is 1. The van der Waals surface area contributed by atoms with Gasteiger partial charge in [0.25, 0.3) is 0 Å². The van der Waals surface area contributed by atoms with Crippen LogP contribution in [0.25, 0.3) is 0 Å². The zero-order valence-corrected chi connectivity index (χ0v) is 12.3. The second kappa shape index (κ2) is 5.93. The van der Waals surface area contributed by atoms with Gasteiger partial charge in [-0.15, -0.1) is 11.3 Å². The molecule has 0 aromatic carbocycles. The molecule has 4 heteroatoms. The number of rotatable bonds is 4. The SMILES string of the molecule is CC(=O)c1sc(CCN2CCCC(C)C2)nc1C. The molecular weight excluding hydrogens is 244 g/mol. The second-order valence-corrected chi connectivity index (χ2v) is 6.46. The molecule has 0 radical (unpaired) electrons. The third kappa shape index (κ3) is 3.39. The summed E-state index contributed by atoms with van der Waals surface area (Å²) in [5.74, 6) is 0.965. The number of carbonyl (C=O) groups is 1. The molecule has 18 heavy (non-hydrogen) atoms. The maximum Gasteiger partial charge on any atom is 0.171 e. The lowest BCUT2D eigenvalue weighted by Gasteiger charge is -2.30. The number of ketones is 1. The standard InChI is InChI=1S/C14H22N2OS/c1-10-5-4-7-16(9-10)8-6-13-15-11(2)14(18-13)12(3)17/h10H,4-9H2,1-3H3. The Bertz CT molecular complexity index is 427. The third-order valence-electron chi connectivity index (χ3n) is 3.54. The highest BCUT2D eigenvalue weighted by molar-refractivity contribution is 7.13. The maximum absolute atomic E-state index is 11.4. The maximum atomic E-state index is 11.4. The Morgan fingerprint density at radius 1 is 1.56 bits per heavy atom. The Morgan fingerprint density at radius 2 is 2.33 bits per heavy atom. The number of nitrogens with zero attached hydrogens (tertiary/aromatic N) is 2. The topological polar surface area (TPSA) is 33.2 Å². The summed E-state index contributed by atoms with van der Waals surface area (Å²) in [5.41, 5.74) is 0.898. The Morgan fingerprint density at radius 3 is 2.94 bits per heavy atom. The number of thiazole rings is 1. The summed E-state index contributed by atoms with van der Waals surface area (Å²) in [6, 6.07) is 0. The van der Waals surface area contributed by atoms with Crippen LogP contribution in [0.2, 0.25) is 0 Å². The van der Waals surface area contributed by atoms with E-state index in [0.717, 1.165) is 34.5 Å². The second-order valence-electron chi connectivity index (χ2n) is 5.38. The highest BCUT2D eigenvalue weighted by Crippen LogP contribution is 2.20. The number of hydrogen-bond acceptors (Lipinski definition) is 4. The molecule has 0 amide bonds. The number of aryl methyl sites for hydroxylation is 1. The number of aromatic nitrogens is 1. The summed E-state index contributed by atoms with van der Waals surface area (Å²) in [6.45, 7) is 9.39. The third-order valence-corrected chi connectivity index (χ3v) is 4.86. The minimum Gasteiger partial charge on any atom is -0.303 e. The van der Waals surface area contributed by atoms with E-state index in [4.69, 9.17) is 0 Å². The van der Waals surface area contributed by atoms with E-state index in [1.807, 2.05) is 6.92 Å². The van der Waals surface area contributed by atoms with Crippen molar-refractivity contribution in [2.75, 3.05) is 19.6 Å². The predicted octanol–water partition coefficient (Wildman–Crippen LogP) is 2.93. The largest absolute Gasteiger partial charge is 0.303 e. The summed E-state index contributed by atoms with van der Waals surface area (Å²) in [7, 11) is 0. The average molecular weight is 266 g/mol. The van der Waals surface area contributed by atoms with Crippen LogP contribution in [-0.2, 0) is 6.42 Å². The van der Waals surface area contributed by atoms with Crippen molar-refractivity contribution < 1.29 is 4.79 Å². The van der Waals surface area contributed by atoms with Crippen LogP contribution in [0.4, 0.5) is 0 Å². The molecule has 0 saturated carbocycles. The van der Waals surface area contributed by atoms with Gasteiger partial charge in [0.15, 0.2) is 5.78 Å². The van der Waals surface area contributed by atoms with Crippen LogP contribution < -0.4 is 0 Å². The molecule has 1 unspecified atom stereocenters. The first-order valence-corrected chi connectivity index (χ1v) is 7.57. The van der Waals surface area contributed by atoms with Gasteiger partial charge in [0.2, 0.25) is 0 Å². The van der Waals surface area contributed by atoms with Crippen LogP contribution in [0.1, 0.15) is 47.1 Å². The van der Waals surface area contributed by atoms with E-state index in [-0.39, 0.29) is 5.78 Å². The van der Waals surface area contributed by atoms with E-state index in [9.17, 15) is 4.79 Å². The molecule has 0 bridgehead atoms. The van der Waals surface area contributed by atoms with Crippen LogP contribution in [0, 0.1) is 12.8 Å². The van der Waals surface area contributed by atoms with Crippen molar-refractivity contribution in [2.45, 2.75) is 40.0 Å². The van der Waals surface area contributed by atoms with E-state index >= 15 is 0 Å². The zero-order valence-electron chi connectivity index (χ0n) is 11.5. The Kier molecular flexibility index (Phi) is 4.51. The van der Waals surface area contributed by atoms with Gasteiger partial charge in [-0.1, -0.05) is 6.92 Å². The molecule has 3 nitrogen and oxygen atoms in total. The molecule has 1 aliphatic heterocycles. The fourth-order valence-corrected chi connectivity index (χ4v) is 3.58. The summed E-state index contributed by atoms with van der Waals surface area (Å²) >= 11 is 1.57. The van der Waals surface area contributed by atoms with E-state index in [1.165, 1.54) is 25.9 Å². The van der Waals surface area contributed by atoms with Crippen molar-refractivity contribution in [1.82, 2.24) is 9.88 Å². The first-order valence-electron chi connectivity index (χ1n) is 6.76. The van der Waals surface area contributed by atoms with Gasteiger partial charge in [-0.25, -0.2) is 4.98 Å². The van der Waals surface area contributed by atoms with E-state index in [1.54, 1.807) is 18.3 Å². The first kappa shape index (κ1) is 13.7. The van der Waals surface area contributed by atoms with Crippen LogP contribution in [0.15, 0.2) is 0 Å². The van der Waals surface area contributed by atoms with Gasteiger partial charge in [-0.3, -0.25) is 4.79 Å². The Labute approximate surface area is 113 Å². The number of Topliss-reactive ketones (excluding diaryl/α,β-unsaturated/α-hetero) is 1. The molecule has 2 heterocycles. The van der Waals surface area contributed by atoms with Crippen molar-refractivity contribution in [3.8, 4) is 0 Å². The average Bonchev–Trinajstić information content (AvgIpc) is 2.68. The lowest BCUT2D eigenvalue weighted by atomic mass is 10.0. The normalized spacial score (nSPS) is 21.2. The monoisotopic (exact) mass is 266 g/mol. The highest BCUT2D eigenvalue weighted by Gasteiger charge is 2.17. The van der Waals surface area contributed by atoms with Gasteiger partial charge in [-0.2, -0.15) is 0 Å². The van der Waals surface area contributed by atoms with Gasteiger partial charge in [0, 0.05) is 26.4 Å². The number of hydrogen-bond donors (Lipinski definition) is 0. The molecule has 1 aromatic rings. The zero-order chi connectivity index (χ0) is 13.1. The van der Waals surface area contributed by atoms with Crippen molar-refractivity contribution >= 4 is 17.1 Å². The van der Waals surface area contributed by atoms with E-state index in [0.29, 0.717) is 0 Å². The van der Waals surface area contributed by atoms with Gasteiger partial charge in [-0.05, 0) is 32.2 Å². The van der Waals surface area contributed by atoms with Crippen LogP contribution >= 0.6 is 11.3 Å². The van der Waals surface area contributed by atoms with Crippen LogP contribution in [-0.4, -0.2) is 35.3 Å². The van der Waals surface area contributed by atoms with E-state index < -0.39 is 0 Å². The fourth-order valence-electron chi connectivity index (χ4n) is 2.63. The Balaban J connectivity index is 1.90. The minimum atomic E-state index is 0.142. The van der Waals surface area contributed by atoms with E-state index in [2.05, 4.69) is 16.8 Å². The number of piperidine rings is 1. The van der Waals surface area contributed by atoms with Crippen LogP contribution in [0.3, 0.4) is 0 Å². The van der Waals surface area contributed by atoms with Crippen molar-refractivity contribution in [3.05, 3.63) is 15.6 Å².